The summed E-state index contributed by atoms with van der Waals surface area (Å²) in [6.45, 7) is 1.41. The average Bonchev–Trinajstić information content (AvgIpc) is 2.14. The van der Waals surface area contributed by atoms with Gasteiger partial charge < -0.3 is 10.1 Å². The number of esters is 1. The molecule has 0 unspecified atom stereocenters. The van der Waals surface area contributed by atoms with E-state index in [2.05, 4.69) is 32.6 Å². The molecule has 80 valence electrons. The fourth-order valence-corrected chi connectivity index (χ4v) is 1.77. The molecular weight excluding hydrogens is 309 g/mol. The predicted molar refractivity (Wildman–Crippen MR) is 64.8 cm³/mol. The van der Waals surface area contributed by atoms with Gasteiger partial charge in [-0.1, -0.05) is 0 Å². The van der Waals surface area contributed by atoms with Crippen molar-refractivity contribution in [1.82, 2.24) is 0 Å². The van der Waals surface area contributed by atoms with Gasteiger partial charge in [-0.15, -0.1) is 0 Å². The molecule has 0 saturated heterocycles. The lowest BCUT2D eigenvalue weighted by Crippen LogP contribution is -2.08. The summed E-state index contributed by atoms with van der Waals surface area (Å²) >= 11 is 2.07. The van der Waals surface area contributed by atoms with Gasteiger partial charge in [0.15, 0.2) is 0 Å². The van der Waals surface area contributed by atoms with Gasteiger partial charge in [0.25, 0.3) is 0 Å². The van der Waals surface area contributed by atoms with Gasteiger partial charge in [0.2, 0.25) is 5.91 Å². The van der Waals surface area contributed by atoms with Gasteiger partial charge in [-0.25, -0.2) is 4.79 Å². The van der Waals surface area contributed by atoms with Crippen molar-refractivity contribution in [3.05, 3.63) is 27.3 Å². The summed E-state index contributed by atoms with van der Waals surface area (Å²) in [6, 6.07) is 5.04. The van der Waals surface area contributed by atoms with Crippen LogP contribution in [0.3, 0.4) is 0 Å². The van der Waals surface area contributed by atoms with E-state index in [9.17, 15) is 9.59 Å². The van der Waals surface area contributed by atoms with E-state index in [0.717, 1.165) is 3.57 Å². The summed E-state index contributed by atoms with van der Waals surface area (Å²) in [7, 11) is 1.32. The molecule has 5 heteroatoms. The van der Waals surface area contributed by atoms with Crippen molar-refractivity contribution in [3.8, 4) is 0 Å². The number of anilines is 1. The zero-order valence-corrected chi connectivity index (χ0v) is 10.5. The Kier molecular flexibility index (Phi) is 4.07. The molecule has 0 aliphatic carbocycles. The molecule has 1 aromatic carbocycles. The van der Waals surface area contributed by atoms with Crippen LogP contribution in [0.25, 0.3) is 0 Å². The Morgan fingerprint density at radius 1 is 1.33 bits per heavy atom. The predicted octanol–water partition coefficient (Wildman–Crippen LogP) is 2.04. The lowest BCUT2D eigenvalue weighted by atomic mass is 10.2. The molecule has 0 aromatic heterocycles. The lowest BCUT2D eigenvalue weighted by molar-refractivity contribution is -0.114. The van der Waals surface area contributed by atoms with Gasteiger partial charge in [-0.3, -0.25) is 4.79 Å². The van der Waals surface area contributed by atoms with Crippen molar-refractivity contribution in [1.29, 1.82) is 0 Å². The number of methoxy groups -OCH3 is 1. The smallest absolute Gasteiger partial charge is 0.337 e. The Morgan fingerprint density at radius 2 is 2.00 bits per heavy atom. The van der Waals surface area contributed by atoms with Crippen molar-refractivity contribution in [2.24, 2.45) is 0 Å². The first-order valence-electron chi connectivity index (χ1n) is 4.19. The van der Waals surface area contributed by atoms with E-state index < -0.39 is 5.97 Å². The number of benzene rings is 1. The summed E-state index contributed by atoms with van der Waals surface area (Å²) in [5.41, 5.74) is 1.02. The van der Waals surface area contributed by atoms with Crippen molar-refractivity contribution in [2.45, 2.75) is 6.92 Å². The largest absolute Gasteiger partial charge is 0.465 e. The number of rotatable bonds is 2. The normalized spacial score (nSPS) is 9.53. The zero-order chi connectivity index (χ0) is 11.4. The van der Waals surface area contributed by atoms with Gasteiger partial charge in [0.05, 0.1) is 12.7 Å². The summed E-state index contributed by atoms with van der Waals surface area (Å²) in [4.78, 5) is 22.1. The number of hydrogen-bond acceptors (Lipinski definition) is 3. The SMILES string of the molecule is COC(=O)c1cc(I)cc(NC(C)=O)c1. The Labute approximate surface area is 101 Å². The summed E-state index contributed by atoms with van der Waals surface area (Å²) < 4.78 is 5.46. The number of halogens is 1. The second-order valence-electron chi connectivity index (χ2n) is 2.90. The third-order valence-electron chi connectivity index (χ3n) is 1.64. The Balaban J connectivity index is 3.04. The van der Waals surface area contributed by atoms with Crippen LogP contribution in [0.5, 0.6) is 0 Å². The van der Waals surface area contributed by atoms with Crippen molar-refractivity contribution in [2.75, 3.05) is 12.4 Å². The molecule has 1 N–H and O–H groups in total. The van der Waals surface area contributed by atoms with Crippen LogP contribution in [0.4, 0.5) is 5.69 Å². The minimum Gasteiger partial charge on any atom is -0.465 e. The van der Waals surface area contributed by atoms with Gasteiger partial charge in [-0.2, -0.15) is 0 Å². The van der Waals surface area contributed by atoms with E-state index >= 15 is 0 Å². The zero-order valence-electron chi connectivity index (χ0n) is 8.33. The van der Waals surface area contributed by atoms with E-state index in [1.807, 2.05) is 0 Å². The molecule has 1 aromatic rings. The maximum atomic E-state index is 11.3. The first kappa shape index (κ1) is 12.0. The first-order chi connectivity index (χ1) is 7.02. The molecule has 1 amide bonds. The quantitative estimate of drug-likeness (QED) is 0.670. The van der Waals surface area contributed by atoms with Crippen molar-refractivity contribution >= 4 is 40.2 Å². The third-order valence-corrected chi connectivity index (χ3v) is 2.26. The van der Waals surface area contributed by atoms with Crippen LogP contribution in [-0.4, -0.2) is 19.0 Å². The fraction of sp³-hybridized carbons (Fsp3) is 0.200. The van der Waals surface area contributed by atoms with Crippen LogP contribution in [0, 0.1) is 3.57 Å². The first-order valence-corrected chi connectivity index (χ1v) is 5.27. The summed E-state index contributed by atoms with van der Waals surface area (Å²) in [5.74, 6) is -0.590. The van der Waals surface area contributed by atoms with Gasteiger partial charge in [0.1, 0.15) is 0 Å². The molecule has 1 rings (SSSR count). The standard InChI is InChI=1S/C10H10INO3/c1-6(13)12-9-4-7(10(14)15-2)3-8(11)5-9/h3-5H,1-2H3,(H,12,13). The lowest BCUT2D eigenvalue weighted by Gasteiger charge is -2.05. The molecule has 0 aliphatic heterocycles. The van der Waals surface area contributed by atoms with E-state index in [0.29, 0.717) is 11.3 Å². The molecule has 0 spiro atoms. The van der Waals surface area contributed by atoms with E-state index in [-0.39, 0.29) is 5.91 Å². The monoisotopic (exact) mass is 319 g/mol. The molecule has 0 saturated carbocycles. The highest BCUT2D eigenvalue weighted by atomic mass is 127. The molecule has 0 bridgehead atoms. The number of amides is 1. The maximum Gasteiger partial charge on any atom is 0.337 e. The average molecular weight is 319 g/mol. The fourth-order valence-electron chi connectivity index (χ4n) is 1.10. The van der Waals surface area contributed by atoms with E-state index in [1.165, 1.54) is 14.0 Å². The number of hydrogen-bond donors (Lipinski definition) is 1. The number of carbonyl (C=O) groups is 2. The highest BCUT2D eigenvalue weighted by Gasteiger charge is 2.08. The Hall–Kier alpha value is -1.11. The van der Waals surface area contributed by atoms with Gasteiger partial charge >= 0.3 is 5.97 Å². The van der Waals surface area contributed by atoms with Crippen LogP contribution in [0.2, 0.25) is 0 Å². The van der Waals surface area contributed by atoms with Crippen molar-refractivity contribution < 1.29 is 14.3 Å². The molecule has 4 nitrogen and oxygen atoms in total. The van der Waals surface area contributed by atoms with E-state index in [1.54, 1.807) is 18.2 Å². The molecular formula is C10H10INO3. The highest BCUT2D eigenvalue weighted by Crippen LogP contribution is 2.17. The minimum absolute atomic E-state index is 0.173. The van der Waals surface area contributed by atoms with Gasteiger partial charge in [0, 0.05) is 16.2 Å². The number of ether oxygens (including phenoxy) is 1. The second kappa shape index (κ2) is 5.11. The van der Waals surface area contributed by atoms with Crippen molar-refractivity contribution in [3.63, 3.8) is 0 Å². The molecule has 0 heterocycles. The number of nitrogens with one attached hydrogen (secondary N) is 1. The Morgan fingerprint density at radius 3 is 2.53 bits per heavy atom. The molecule has 0 radical (unpaired) electrons. The molecule has 15 heavy (non-hydrogen) atoms. The van der Waals surface area contributed by atoms with Crippen LogP contribution in [-0.2, 0) is 9.53 Å². The summed E-state index contributed by atoms with van der Waals surface area (Å²) in [6.07, 6.45) is 0. The maximum absolute atomic E-state index is 11.3. The van der Waals surface area contributed by atoms with Crippen LogP contribution < -0.4 is 5.32 Å². The minimum atomic E-state index is -0.417. The van der Waals surface area contributed by atoms with Crippen LogP contribution in [0.1, 0.15) is 17.3 Å². The number of carbonyl (C=O) groups excluding carboxylic acids is 2. The third kappa shape index (κ3) is 3.50. The molecule has 0 atom stereocenters. The topological polar surface area (TPSA) is 55.4 Å². The molecule has 0 aliphatic rings. The van der Waals surface area contributed by atoms with Gasteiger partial charge in [-0.05, 0) is 40.8 Å². The second-order valence-corrected chi connectivity index (χ2v) is 4.15. The van der Waals surface area contributed by atoms with E-state index in [4.69, 9.17) is 0 Å². The molecule has 0 fully saturated rings. The summed E-state index contributed by atoms with van der Waals surface area (Å²) in [5, 5.41) is 2.61. The van der Waals surface area contributed by atoms with Crippen LogP contribution >= 0.6 is 22.6 Å². The van der Waals surface area contributed by atoms with Crippen LogP contribution in [0.15, 0.2) is 18.2 Å². The highest BCUT2D eigenvalue weighted by molar-refractivity contribution is 14.1. The Bertz CT molecular complexity index is 404.